The largest absolute Gasteiger partial charge is 0.366 e. The van der Waals surface area contributed by atoms with Crippen LogP contribution in [0.2, 0.25) is 0 Å². The van der Waals surface area contributed by atoms with E-state index >= 15 is 0 Å². The van der Waals surface area contributed by atoms with Gasteiger partial charge in [-0.05, 0) is 43.0 Å². The second-order valence-corrected chi connectivity index (χ2v) is 5.54. The first-order valence-electron chi connectivity index (χ1n) is 5.54. The van der Waals surface area contributed by atoms with Gasteiger partial charge in [-0.3, -0.25) is 0 Å². The molecule has 0 spiro atoms. The summed E-state index contributed by atoms with van der Waals surface area (Å²) in [7, 11) is 0. The summed E-state index contributed by atoms with van der Waals surface area (Å²) in [5.41, 5.74) is 8.90. The predicted molar refractivity (Wildman–Crippen MR) is 66.2 cm³/mol. The number of fused-ring (bicyclic) bond motifs is 3. The van der Waals surface area contributed by atoms with Gasteiger partial charge in [0.25, 0.3) is 0 Å². The zero-order chi connectivity index (χ0) is 10.4. The summed E-state index contributed by atoms with van der Waals surface area (Å²) in [5.74, 6) is 0. The number of hydrogen-bond donors (Lipinski definition) is 1. The van der Waals surface area contributed by atoms with E-state index in [2.05, 4.69) is 39.0 Å². The molecular formula is C12H15BrN2. The van der Waals surface area contributed by atoms with Crippen molar-refractivity contribution in [1.82, 2.24) is 0 Å². The number of halogens is 1. The first-order valence-corrected chi connectivity index (χ1v) is 6.34. The second kappa shape index (κ2) is 3.49. The standard InChI is InChI=1S/C12H15BrN2/c13-9-1-4-12-8(5-9)6-11-3-2-10(14)7-15(11)12/h1,4-5,10-11H,2-3,6-7,14H2. The van der Waals surface area contributed by atoms with Crippen LogP contribution in [-0.4, -0.2) is 18.6 Å². The van der Waals surface area contributed by atoms with Crippen LogP contribution >= 0.6 is 15.9 Å². The summed E-state index contributed by atoms with van der Waals surface area (Å²) < 4.78 is 1.19. The molecule has 80 valence electrons. The lowest BCUT2D eigenvalue weighted by Crippen LogP contribution is -2.47. The van der Waals surface area contributed by atoms with Crippen LogP contribution in [0, 0.1) is 0 Å². The first-order chi connectivity index (χ1) is 7.24. The zero-order valence-corrected chi connectivity index (χ0v) is 10.2. The fourth-order valence-electron chi connectivity index (χ4n) is 2.81. The van der Waals surface area contributed by atoms with Gasteiger partial charge < -0.3 is 10.6 Å². The fourth-order valence-corrected chi connectivity index (χ4v) is 3.22. The Bertz CT molecular complexity index is 391. The van der Waals surface area contributed by atoms with Crippen LogP contribution < -0.4 is 10.6 Å². The molecule has 0 aliphatic carbocycles. The number of piperidine rings is 1. The minimum atomic E-state index is 0.357. The highest BCUT2D eigenvalue weighted by atomic mass is 79.9. The first kappa shape index (κ1) is 9.67. The van der Waals surface area contributed by atoms with Crippen LogP contribution in [0.4, 0.5) is 5.69 Å². The molecule has 3 heteroatoms. The minimum absolute atomic E-state index is 0.357. The third kappa shape index (κ3) is 1.58. The van der Waals surface area contributed by atoms with Gasteiger partial charge in [-0.25, -0.2) is 0 Å². The van der Waals surface area contributed by atoms with Gasteiger partial charge in [0.2, 0.25) is 0 Å². The van der Waals surface area contributed by atoms with Gasteiger partial charge in [0.05, 0.1) is 0 Å². The third-order valence-corrected chi connectivity index (χ3v) is 4.04. The second-order valence-electron chi connectivity index (χ2n) is 4.62. The van der Waals surface area contributed by atoms with Crippen molar-refractivity contribution in [2.45, 2.75) is 31.3 Å². The van der Waals surface area contributed by atoms with Crippen molar-refractivity contribution in [3.05, 3.63) is 28.2 Å². The van der Waals surface area contributed by atoms with Crippen LogP contribution in [-0.2, 0) is 6.42 Å². The molecule has 1 aromatic carbocycles. The van der Waals surface area contributed by atoms with E-state index in [1.54, 1.807) is 0 Å². The van der Waals surface area contributed by atoms with E-state index in [0.29, 0.717) is 12.1 Å². The zero-order valence-electron chi connectivity index (χ0n) is 8.62. The molecule has 2 aliphatic heterocycles. The topological polar surface area (TPSA) is 29.3 Å². The summed E-state index contributed by atoms with van der Waals surface area (Å²) in [4.78, 5) is 2.50. The molecular weight excluding hydrogens is 252 g/mol. The van der Waals surface area contributed by atoms with Crippen LogP contribution in [0.15, 0.2) is 22.7 Å². The van der Waals surface area contributed by atoms with Gasteiger partial charge in [-0.2, -0.15) is 0 Å². The van der Waals surface area contributed by atoms with Gasteiger partial charge >= 0.3 is 0 Å². The highest BCUT2D eigenvalue weighted by Crippen LogP contribution is 2.37. The van der Waals surface area contributed by atoms with Gasteiger partial charge in [0.15, 0.2) is 0 Å². The normalized spacial score (nSPS) is 28.8. The van der Waals surface area contributed by atoms with E-state index in [1.165, 1.54) is 35.0 Å². The van der Waals surface area contributed by atoms with Crippen LogP contribution in [0.5, 0.6) is 0 Å². The molecule has 2 unspecified atom stereocenters. The molecule has 2 atom stereocenters. The molecule has 1 fully saturated rings. The lowest BCUT2D eigenvalue weighted by Gasteiger charge is -2.35. The molecule has 0 amide bonds. The number of nitrogens with two attached hydrogens (primary N) is 1. The van der Waals surface area contributed by atoms with Crippen LogP contribution in [0.3, 0.4) is 0 Å². The molecule has 2 heterocycles. The average Bonchev–Trinajstić information content (AvgIpc) is 2.54. The van der Waals surface area contributed by atoms with Gasteiger partial charge in [-0.1, -0.05) is 15.9 Å². The van der Waals surface area contributed by atoms with Crippen molar-refractivity contribution in [3.63, 3.8) is 0 Å². The Morgan fingerprint density at radius 1 is 1.33 bits per heavy atom. The van der Waals surface area contributed by atoms with E-state index in [0.717, 1.165) is 6.54 Å². The lowest BCUT2D eigenvalue weighted by molar-refractivity contribution is 0.433. The van der Waals surface area contributed by atoms with Gasteiger partial charge in [0, 0.05) is 28.8 Å². The maximum atomic E-state index is 6.03. The number of nitrogens with zero attached hydrogens (tertiary/aromatic N) is 1. The highest BCUT2D eigenvalue weighted by molar-refractivity contribution is 9.10. The Morgan fingerprint density at radius 2 is 2.20 bits per heavy atom. The predicted octanol–water partition coefficient (Wildman–Crippen LogP) is 2.30. The van der Waals surface area contributed by atoms with Gasteiger partial charge in [0.1, 0.15) is 0 Å². The van der Waals surface area contributed by atoms with Crippen molar-refractivity contribution < 1.29 is 0 Å². The van der Waals surface area contributed by atoms with Crippen molar-refractivity contribution in [2.75, 3.05) is 11.4 Å². The van der Waals surface area contributed by atoms with Crippen molar-refractivity contribution >= 4 is 21.6 Å². The van der Waals surface area contributed by atoms with E-state index in [4.69, 9.17) is 5.73 Å². The molecule has 0 saturated carbocycles. The van der Waals surface area contributed by atoms with E-state index in [1.807, 2.05) is 0 Å². The summed E-state index contributed by atoms with van der Waals surface area (Å²) in [6.45, 7) is 1.03. The number of hydrogen-bond acceptors (Lipinski definition) is 2. The minimum Gasteiger partial charge on any atom is -0.366 e. The molecule has 2 N–H and O–H groups in total. The fraction of sp³-hybridized carbons (Fsp3) is 0.500. The Hall–Kier alpha value is -0.540. The van der Waals surface area contributed by atoms with Crippen molar-refractivity contribution in [1.29, 1.82) is 0 Å². The lowest BCUT2D eigenvalue weighted by atomic mass is 9.99. The van der Waals surface area contributed by atoms with E-state index in [-0.39, 0.29) is 0 Å². The van der Waals surface area contributed by atoms with Crippen molar-refractivity contribution in [3.8, 4) is 0 Å². The molecule has 0 radical (unpaired) electrons. The summed E-state index contributed by atoms with van der Waals surface area (Å²) >= 11 is 3.53. The summed E-state index contributed by atoms with van der Waals surface area (Å²) in [6, 6.07) is 7.66. The molecule has 15 heavy (non-hydrogen) atoms. The van der Waals surface area contributed by atoms with Crippen LogP contribution in [0.1, 0.15) is 18.4 Å². The average molecular weight is 267 g/mol. The Balaban J connectivity index is 1.97. The molecule has 3 rings (SSSR count). The smallest absolute Gasteiger partial charge is 0.0403 e. The quantitative estimate of drug-likeness (QED) is 0.781. The molecule has 2 aliphatic rings. The van der Waals surface area contributed by atoms with Gasteiger partial charge in [-0.15, -0.1) is 0 Å². The number of anilines is 1. The number of rotatable bonds is 0. The summed E-state index contributed by atoms with van der Waals surface area (Å²) in [6.07, 6.45) is 3.62. The van der Waals surface area contributed by atoms with Crippen LogP contribution in [0.25, 0.3) is 0 Å². The number of benzene rings is 1. The van der Waals surface area contributed by atoms with E-state index < -0.39 is 0 Å². The SMILES string of the molecule is NC1CCC2Cc3cc(Br)ccc3N2C1. The van der Waals surface area contributed by atoms with Crippen molar-refractivity contribution in [2.24, 2.45) is 5.73 Å². The highest BCUT2D eigenvalue weighted by Gasteiger charge is 2.33. The Labute approximate surface area is 98.6 Å². The molecule has 2 nitrogen and oxygen atoms in total. The monoisotopic (exact) mass is 266 g/mol. The molecule has 1 saturated heterocycles. The summed E-state index contributed by atoms with van der Waals surface area (Å²) in [5, 5.41) is 0. The third-order valence-electron chi connectivity index (χ3n) is 3.55. The Kier molecular flexibility index (Phi) is 2.25. The molecule has 1 aromatic rings. The van der Waals surface area contributed by atoms with E-state index in [9.17, 15) is 0 Å². The maximum Gasteiger partial charge on any atom is 0.0403 e. The molecule has 0 aromatic heterocycles. The Morgan fingerprint density at radius 3 is 3.07 bits per heavy atom. The maximum absolute atomic E-state index is 6.03. The molecule has 0 bridgehead atoms.